The molecule has 11 heteroatoms. The molecule has 0 spiro atoms. The van der Waals surface area contributed by atoms with Gasteiger partial charge >= 0.3 is 5.97 Å². The van der Waals surface area contributed by atoms with Crippen LogP contribution in [0.1, 0.15) is 28.6 Å². The van der Waals surface area contributed by atoms with Gasteiger partial charge in [-0.25, -0.2) is 18.6 Å². The van der Waals surface area contributed by atoms with E-state index in [1.54, 1.807) is 79.7 Å². The average molecular weight is 576 g/mol. The molecule has 10 nitrogen and oxygen atoms in total. The number of anilines is 1. The number of methoxy groups -OCH3 is 1. The third kappa shape index (κ3) is 7.00. The number of amides is 1. The highest BCUT2D eigenvalue weighted by Crippen LogP contribution is 2.32. The number of benzene rings is 3. The van der Waals surface area contributed by atoms with Crippen molar-refractivity contribution in [2.45, 2.75) is 18.7 Å². The molecule has 0 aliphatic heterocycles. The molecule has 0 atom stereocenters. The van der Waals surface area contributed by atoms with Gasteiger partial charge in [-0.05, 0) is 62.4 Å². The lowest BCUT2D eigenvalue weighted by Crippen LogP contribution is -2.39. The summed E-state index contributed by atoms with van der Waals surface area (Å²) in [6, 6.07) is 23.0. The van der Waals surface area contributed by atoms with Crippen LogP contribution in [0.5, 0.6) is 5.75 Å². The molecule has 0 aliphatic carbocycles. The Kier molecular flexibility index (Phi) is 9.20. The highest BCUT2D eigenvalue weighted by atomic mass is 32.2. The Bertz CT molecular complexity index is 1640. The van der Waals surface area contributed by atoms with Gasteiger partial charge in [0.1, 0.15) is 23.8 Å². The molecule has 1 N–H and O–H groups in total. The molecule has 4 rings (SSSR count). The van der Waals surface area contributed by atoms with E-state index >= 15 is 0 Å². The number of furan rings is 1. The number of esters is 1. The molecule has 4 aromatic rings. The topological polar surface area (TPSA) is 128 Å². The molecule has 0 radical (unpaired) electrons. The lowest BCUT2D eigenvalue weighted by Gasteiger charge is -2.25. The predicted molar refractivity (Wildman–Crippen MR) is 155 cm³/mol. The fourth-order valence-corrected chi connectivity index (χ4v) is 5.30. The number of para-hydroxylation sites is 2. The van der Waals surface area contributed by atoms with Crippen LogP contribution in [0, 0.1) is 6.92 Å². The molecule has 3 aromatic carbocycles. The van der Waals surface area contributed by atoms with E-state index in [2.05, 4.69) is 10.5 Å². The Morgan fingerprint density at radius 3 is 2.37 bits per heavy atom. The Balaban J connectivity index is 1.48. The van der Waals surface area contributed by atoms with Gasteiger partial charge in [0, 0.05) is 5.56 Å². The number of aryl methyl sites for hydroxylation is 1. The van der Waals surface area contributed by atoms with Crippen LogP contribution in [0.4, 0.5) is 5.69 Å². The summed E-state index contributed by atoms with van der Waals surface area (Å²) in [6.07, 6.45) is 1.30. The number of hydrazone groups is 1. The van der Waals surface area contributed by atoms with E-state index < -0.39 is 28.4 Å². The minimum atomic E-state index is -4.12. The van der Waals surface area contributed by atoms with Crippen molar-refractivity contribution in [1.82, 2.24) is 5.43 Å². The highest BCUT2D eigenvalue weighted by molar-refractivity contribution is 7.92. The maximum absolute atomic E-state index is 13.6. The average Bonchev–Trinajstić information content (AvgIpc) is 3.45. The first-order chi connectivity index (χ1) is 19.7. The fourth-order valence-electron chi connectivity index (χ4n) is 3.87. The second kappa shape index (κ2) is 13.0. The molecule has 0 bridgehead atoms. The van der Waals surface area contributed by atoms with Crippen molar-refractivity contribution in [3.63, 3.8) is 0 Å². The SMILES string of the molecule is CCOC(=O)c1ccc(-c2ccc(/C=N\NC(=O)CN(c3ccccc3OC)S(=O)(=O)c3ccc(C)cc3)o2)cc1. The summed E-state index contributed by atoms with van der Waals surface area (Å²) in [5.41, 5.74) is 4.62. The molecule has 41 heavy (non-hydrogen) atoms. The summed E-state index contributed by atoms with van der Waals surface area (Å²) in [4.78, 5) is 24.7. The maximum atomic E-state index is 13.6. The van der Waals surface area contributed by atoms with Crippen LogP contribution >= 0.6 is 0 Å². The van der Waals surface area contributed by atoms with Gasteiger partial charge in [-0.1, -0.05) is 42.0 Å². The first-order valence-corrected chi connectivity index (χ1v) is 14.1. The Labute approximate surface area is 238 Å². The smallest absolute Gasteiger partial charge is 0.338 e. The van der Waals surface area contributed by atoms with Crippen LogP contribution in [-0.4, -0.2) is 46.8 Å². The molecule has 1 heterocycles. The van der Waals surface area contributed by atoms with E-state index in [4.69, 9.17) is 13.9 Å². The van der Waals surface area contributed by atoms with Gasteiger partial charge in [0.15, 0.2) is 0 Å². The second-order valence-corrected chi connectivity index (χ2v) is 10.7. The maximum Gasteiger partial charge on any atom is 0.338 e. The van der Waals surface area contributed by atoms with Crippen LogP contribution in [0.15, 0.2) is 99.3 Å². The largest absolute Gasteiger partial charge is 0.495 e. The summed E-state index contributed by atoms with van der Waals surface area (Å²) in [5, 5.41) is 3.93. The molecule has 0 aliphatic rings. The Morgan fingerprint density at radius 2 is 1.68 bits per heavy atom. The van der Waals surface area contributed by atoms with Crippen molar-refractivity contribution in [2.75, 3.05) is 24.6 Å². The summed E-state index contributed by atoms with van der Waals surface area (Å²) >= 11 is 0. The van der Waals surface area contributed by atoms with E-state index in [9.17, 15) is 18.0 Å². The zero-order chi connectivity index (χ0) is 29.4. The Morgan fingerprint density at radius 1 is 0.976 bits per heavy atom. The summed E-state index contributed by atoms with van der Waals surface area (Å²) in [5.74, 6) is 0.0865. The van der Waals surface area contributed by atoms with E-state index in [0.717, 1.165) is 15.4 Å². The second-order valence-electron chi connectivity index (χ2n) is 8.79. The normalized spacial score (nSPS) is 11.3. The number of nitrogens with one attached hydrogen (secondary N) is 1. The monoisotopic (exact) mass is 575 g/mol. The van der Waals surface area contributed by atoms with Crippen LogP contribution in [0.25, 0.3) is 11.3 Å². The number of carbonyl (C=O) groups is 2. The molecule has 0 saturated carbocycles. The van der Waals surface area contributed by atoms with Gasteiger partial charge in [-0.3, -0.25) is 9.10 Å². The number of hydrogen-bond donors (Lipinski definition) is 1. The van der Waals surface area contributed by atoms with Gasteiger partial charge in [0.05, 0.1) is 36.1 Å². The van der Waals surface area contributed by atoms with Crippen molar-refractivity contribution in [1.29, 1.82) is 0 Å². The number of nitrogens with zero attached hydrogens (tertiary/aromatic N) is 2. The number of sulfonamides is 1. The molecule has 1 aromatic heterocycles. The summed E-state index contributed by atoms with van der Waals surface area (Å²) < 4.78 is 44.3. The summed E-state index contributed by atoms with van der Waals surface area (Å²) in [7, 11) is -2.70. The third-order valence-electron chi connectivity index (χ3n) is 5.94. The standard InChI is InChI=1S/C30H29N3O7S/c1-4-39-30(35)23-13-11-22(12-14-23)27-18-15-24(40-27)19-31-32-29(34)20-33(26-7-5-6-8-28(26)38-3)41(36,37)25-16-9-21(2)10-17-25/h5-19H,4,20H2,1-3H3,(H,32,34)/b31-19-. The van der Waals surface area contributed by atoms with Gasteiger partial charge < -0.3 is 13.9 Å². The van der Waals surface area contributed by atoms with Crippen molar-refractivity contribution in [3.05, 3.63) is 102 Å². The van der Waals surface area contributed by atoms with Crippen molar-refractivity contribution in [2.24, 2.45) is 5.10 Å². The van der Waals surface area contributed by atoms with Crippen molar-refractivity contribution >= 4 is 33.8 Å². The van der Waals surface area contributed by atoms with Gasteiger partial charge in [-0.2, -0.15) is 5.10 Å². The van der Waals surface area contributed by atoms with E-state index in [1.807, 2.05) is 6.92 Å². The highest BCUT2D eigenvalue weighted by Gasteiger charge is 2.29. The molecular weight excluding hydrogens is 546 g/mol. The molecule has 212 valence electrons. The quantitative estimate of drug-likeness (QED) is 0.155. The van der Waals surface area contributed by atoms with Gasteiger partial charge in [0.2, 0.25) is 0 Å². The lowest BCUT2D eigenvalue weighted by atomic mass is 10.1. The molecular formula is C30H29N3O7S. The third-order valence-corrected chi connectivity index (χ3v) is 7.71. The zero-order valence-corrected chi connectivity index (χ0v) is 23.6. The number of ether oxygens (including phenoxy) is 2. The zero-order valence-electron chi connectivity index (χ0n) is 22.7. The van der Waals surface area contributed by atoms with E-state index in [0.29, 0.717) is 23.7 Å². The molecule has 0 unspecified atom stereocenters. The van der Waals surface area contributed by atoms with Crippen LogP contribution in [-0.2, 0) is 19.6 Å². The lowest BCUT2D eigenvalue weighted by molar-refractivity contribution is -0.119. The van der Waals surface area contributed by atoms with Crippen molar-refractivity contribution in [3.8, 4) is 17.1 Å². The Hall–Kier alpha value is -4.90. The fraction of sp³-hybridized carbons (Fsp3) is 0.167. The molecule has 1 amide bonds. The van der Waals surface area contributed by atoms with Crippen LogP contribution in [0.3, 0.4) is 0 Å². The number of carbonyl (C=O) groups excluding carboxylic acids is 2. The van der Waals surface area contributed by atoms with Gasteiger partial charge in [0.25, 0.3) is 15.9 Å². The summed E-state index contributed by atoms with van der Waals surface area (Å²) in [6.45, 7) is 3.33. The minimum Gasteiger partial charge on any atom is -0.495 e. The first-order valence-electron chi connectivity index (χ1n) is 12.6. The molecule has 0 fully saturated rings. The number of rotatable bonds is 11. The first kappa shape index (κ1) is 29.1. The van der Waals surface area contributed by atoms with E-state index in [1.165, 1.54) is 25.5 Å². The number of hydrogen-bond acceptors (Lipinski definition) is 8. The molecule has 0 saturated heterocycles. The predicted octanol–water partition coefficient (Wildman–Crippen LogP) is 4.79. The van der Waals surface area contributed by atoms with Crippen LogP contribution < -0.4 is 14.5 Å². The van der Waals surface area contributed by atoms with Gasteiger partial charge in [-0.15, -0.1) is 0 Å². The van der Waals surface area contributed by atoms with Crippen LogP contribution in [0.2, 0.25) is 0 Å². The minimum absolute atomic E-state index is 0.0312. The van der Waals surface area contributed by atoms with E-state index in [-0.39, 0.29) is 16.3 Å². The van der Waals surface area contributed by atoms with Crippen molar-refractivity contribution < 1.29 is 31.9 Å².